The zero-order chi connectivity index (χ0) is 49.9. The Labute approximate surface area is 420 Å². The fraction of sp³-hybridized carbons (Fsp3) is 0.817. The Morgan fingerprint density at radius 2 is 0.824 bits per heavy atom. The molecular formula is C60H110NO7+. The topological polar surface area (TPSA) is 99.1 Å². The molecule has 0 amide bonds. The van der Waals surface area contributed by atoms with Gasteiger partial charge in [-0.1, -0.05) is 223 Å². The lowest BCUT2D eigenvalue weighted by Gasteiger charge is -2.31. The largest absolute Gasteiger partial charge is 0.477 e. The number of aliphatic carboxylic acids is 1. The van der Waals surface area contributed by atoms with Gasteiger partial charge in [-0.2, -0.15) is 0 Å². The third-order valence-corrected chi connectivity index (χ3v) is 13.0. The summed E-state index contributed by atoms with van der Waals surface area (Å²) in [5, 5.41) is 9.68. The highest BCUT2D eigenvalue weighted by atomic mass is 16.6. The van der Waals surface area contributed by atoms with E-state index in [0.717, 1.165) is 64.2 Å². The van der Waals surface area contributed by atoms with Crippen LogP contribution in [0.2, 0.25) is 0 Å². The fourth-order valence-electron chi connectivity index (χ4n) is 8.57. The van der Waals surface area contributed by atoms with Gasteiger partial charge < -0.3 is 23.8 Å². The number of likely N-dealkylation sites (N-methyl/N-ethyl adjacent to an activating group) is 1. The van der Waals surface area contributed by atoms with Crippen molar-refractivity contribution in [2.45, 2.75) is 276 Å². The summed E-state index contributed by atoms with van der Waals surface area (Å²) in [6, 6.07) is -0.617. The Hall–Kier alpha value is -2.71. The monoisotopic (exact) mass is 957 g/mol. The Bertz CT molecular complexity index is 1250. The van der Waals surface area contributed by atoms with Crippen LogP contribution in [0, 0.1) is 0 Å². The van der Waals surface area contributed by atoms with Gasteiger partial charge in [-0.05, 0) is 70.6 Å². The molecule has 0 aromatic carbocycles. The first-order valence-electron chi connectivity index (χ1n) is 28.7. The zero-order valence-corrected chi connectivity index (χ0v) is 45.3. The average Bonchev–Trinajstić information content (AvgIpc) is 3.30. The maximum absolute atomic E-state index is 12.8. The number of carbonyl (C=O) groups excluding carboxylic acids is 2. The highest BCUT2D eigenvalue weighted by Gasteiger charge is 2.31. The Kier molecular flexibility index (Phi) is 48.7. The molecular weight excluding hydrogens is 847 g/mol. The number of carbonyl (C=O) groups is 3. The average molecular weight is 958 g/mol. The predicted octanol–water partition coefficient (Wildman–Crippen LogP) is 17.1. The molecule has 8 heteroatoms. The Morgan fingerprint density at radius 3 is 1.21 bits per heavy atom. The predicted molar refractivity (Wildman–Crippen MR) is 289 cm³/mol. The minimum absolute atomic E-state index is 0.0538. The first-order chi connectivity index (χ1) is 33.1. The van der Waals surface area contributed by atoms with Gasteiger partial charge in [-0.15, -0.1) is 0 Å². The van der Waals surface area contributed by atoms with Gasteiger partial charge in [0.05, 0.1) is 34.4 Å². The number of rotatable bonds is 52. The molecule has 0 aliphatic rings. The Balaban J connectivity index is 4.17. The lowest BCUT2D eigenvalue weighted by atomic mass is 10.0. The zero-order valence-electron chi connectivity index (χ0n) is 45.3. The second-order valence-corrected chi connectivity index (χ2v) is 20.5. The van der Waals surface area contributed by atoms with E-state index in [1.54, 1.807) is 0 Å². The van der Waals surface area contributed by atoms with Gasteiger partial charge >= 0.3 is 17.9 Å². The quantitative estimate of drug-likeness (QED) is 0.0281. The SMILES string of the molecule is CC/C=C/C/C=C/CCCCCCCCCCCCCCCCC(=O)OC(COCCC(C(=O)O)[N+](C)(C)C)COC(=O)CCCCCCCCC/C=C/C/C=C/CCCCCCCCCCC. The molecule has 1 N–H and O–H groups in total. The van der Waals surface area contributed by atoms with Crippen molar-refractivity contribution in [3.05, 3.63) is 48.6 Å². The van der Waals surface area contributed by atoms with E-state index in [1.807, 2.05) is 21.1 Å². The summed E-state index contributed by atoms with van der Waals surface area (Å²) < 4.78 is 17.4. The second-order valence-electron chi connectivity index (χ2n) is 20.5. The smallest absolute Gasteiger partial charge is 0.362 e. The van der Waals surface area contributed by atoms with E-state index in [9.17, 15) is 19.5 Å². The third-order valence-electron chi connectivity index (χ3n) is 13.0. The van der Waals surface area contributed by atoms with Crippen LogP contribution in [-0.4, -0.2) is 80.6 Å². The fourth-order valence-corrected chi connectivity index (χ4v) is 8.57. The summed E-state index contributed by atoms with van der Waals surface area (Å²) in [5.41, 5.74) is 0. The van der Waals surface area contributed by atoms with Crippen molar-refractivity contribution in [2.75, 3.05) is 41.0 Å². The number of carboxylic acid groups (broad SMARTS) is 1. The van der Waals surface area contributed by atoms with Crippen molar-refractivity contribution in [3.63, 3.8) is 0 Å². The number of hydrogen-bond donors (Lipinski definition) is 1. The van der Waals surface area contributed by atoms with Crippen LogP contribution in [0.5, 0.6) is 0 Å². The van der Waals surface area contributed by atoms with Crippen molar-refractivity contribution >= 4 is 17.9 Å². The molecule has 0 rings (SSSR count). The van der Waals surface area contributed by atoms with E-state index < -0.39 is 18.1 Å². The van der Waals surface area contributed by atoms with Gasteiger partial charge in [0.1, 0.15) is 6.61 Å². The van der Waals surface area contributed by atoms with E-state index >= 15 is 0 Å². The van der Waals surface area contributed by atoms with Crippen LogP contribution >= 0.6 is 0 Å². The molecule has 2 atom stereocenters. The molecule has 0 aliphatic carbocycles. The van der Waals surface area contributed by atoms with E-state index in [4.69, 9.17) is 14.2 Å². The van der Waals surface area contributed by atoms with Gasteiger partial charge in [-0.3, -0.25) is 9.59 Å². The molecule has 0 fully saturated rings. The van der Waals surface area contributed by atoms with Crippen LogP contribution in [0.15, 0.2) is 48.6 Å². The standard InChI is InChI=1S/C60H109NO7/c1-6-8-10-12-14-16-18-20-22-24-26-28-29-31-32-34-36-38-40-42-44-46-48-50-58(62)67-55-56(54-66-53-52-57(60(64)65)61(3,4)5)68-59(63)51-49-47-45-43-41-39-37-35-33-30-27-25-23-21-19-17-15-13-11-9-7-2/h9,11,15,17,26,28,31-32,56-57H,6-8,10,12-14,16,18-25,27,29-30,33-55H2,1-5H3/p+1/b11-9+,17-15+,28-26+,32-31+. The molecule has 0 heterocycles. The van der Waals surface area contributed by atoms with Crippen LogP contribution < -0.4 is 0 Å². The number of nitrogens with zero attached hydrogens (tertiary/aromatic N) is 1. The van der Waals surface area contributed by atoms with Crippen molar-refractivity contribution in [1.29, 1.82) is 0 Å². The number of carboxylic acids is 1. The molecule has 0 aliphatic heterocycles. The van der Waals surface area contributed by atoms with Crippen LogP contribution in [0.25, 0.3) is 0 Å². The first-order valence-corrected chi connectivity index (χ1v) is 28.7. The summed E-state index contributed by atoms with van der Waals surface area (Å²) in [6.45, 7) is 4.67. The molecule has 0 saturated heterocycles. The lowest BCUT2D eigenvalue weighted by molar-refractivity contribution is -0.887. The van der Waals surface area contributed by atoms with Crippen LogP contribution in [0.4, 0.5) is 0 Å². The molecule has 0 aromatic rings. The maximum Gasteiger partial charge on any atom is 0.362 e. The van der Waals surface area contributed by atoms with E-state index in [0.29, 0.717) is 19.3 Å². The highest BCUT2D eigenvalue weighted by molar-refractivity contribution is 5.72. The number of allylic oxidation sites excluding steroid dienone is 8. The maximum atomic E-state index is 12.8. The van der Waals surface area contributed by atoms with Gasteiger partial charge in [0.25, 0.3) is 0 Å². The van der Waals surface area contributed by atoms with E-state index in [-0.39, 0.29) is 36.2 Å². The molecule has 0 aromatic heterocycles. The molecule has 68 heavy (non-hydrogen) atoms. The second kappa shape index (κ2) is 50.7. The molecule has 0 saturated carbocycles. The number of hydrogen-bond acceptors (Lipinski definition) is 6. The number of ether oxygens (including phenoxy) is 3. The van der Waals surface area contributed by atoms with Gasteiger partial charge in [0, 0.05) is 19.3 Å². The summed E-state index contributed by atoms with van der Waals surface area (Å²) in [5.74, 6) is -1.46. The summed E-state index contributed by atoms with van der Waals surface area (Å²) in [6.07, 6.45) is 63.2. The number of quaternary nitrogens is 1. The van der Waals surface area contributed by atoms with Gasteiger partial charge in [0.15, 0.2) is 12.1 Å². The van der Waals surface area contributed by atoms with Crippen LogP contribution in [-0.2, 0) is 28.6 Å². The van der Waals surface area contributed by atoms with E-state index in [2.05, 4.69) is 62.5 Å². The van der Waals surface area contributed by atoms with Crippen molar-refractivity contribution in [2.24, 2.45) is 0 Å². The molecule has 0 bridgehead atoms. The third kappa shape index (κ3) is 48.3. The minimum atomic E-state index is -0.874. The minimum Gasteiger partial charge on any atom is -0.477 e. The Morgan fingerprint density at radius 1 is 0.456 bits per heavy atom. The van der Waals surface area contributed by atoms with Crippen LogP contribution in [0.3, 0.4) is 0 Å². The van der Waals surface area contributed by atoms with Crippen molar-refractivity contribution < 1.29 is 38.2 Å². The normalized spacial score (nSPS) is 13.1. The summed E-state index contributed by atoms with van der Waals surface area (Å²) in [4.78, 5) is 37.3. The van der Waals surface area contributed by atoms with Crippen molar-refractivity contribution in [3.8, 4) is 0 Å². The first kappa shape index (κ1) is 65.3. The molecule has 396 valence electrons. The molecule has 0 radical (unpaired) electrons. The number of esters is 2. The summed E-state index contributed by atoms with van der Waals surface area (Å²) >= 11 is 0. The van der Waals surface area contributed by atoms with Gasteiger partial charge in [-0.25, -0.2) is 4.79 Å². The van der Waals surface area contributed by atoms with E-state index in [1.165, 1.54) is 167 Å². The lowest BCUT2D eigenvalue weighted by Crippen LogP contribution is -2.50. The highest BCUT2D eigenvalue weighted by Crippen LogP contribution is 2.16. The molecule has 8 nitrogen and oxygen atoms in total. The molecule has 0 spiro atoms. The van der Waals surface area contributed by atoms with Crippen molar-refractivity contribution in [1.82, 2.24) is 0 Å². The number of unbranched alkanes of at least 4 members (excludes halogenated alkanes) is 30. The molecule has 2 unspecified atom stereocenters. The van der Waals surface area contributed by atoms with Gasteiger partial charge in [0.2, 0.25) is 0 Å². The van der Waals surface area contributed by atoms with Crippen LogP contribution in [0.1, 0.15) is 264 Å². The summed E-state index contributed by atoms with van der Waals surface area (Å²) in [7, 11) is 5.54.